The minimum Gasteiger partial charge on any atom is -0.468 e. The molecule has 0 spiro atoms. The van der Waals surface area contributed by atoms with Gasteiger partial charge in [-0.05, 0) is 74.3 Å². The molecule has 2 N–H and O–H groups in total. The molecule has 0 aliphatic heterocycles. The summed E-state index contributed by atoms with van der Waals surface area (Å²) in [4.78, 5) is 26.1. The van der Waals surface area contributed by atoms with Gasteiger partial charge >= 0.3 is 0 Å². The molecule has 1 heterocycles. The molecule has 4 aliphatic carbocycles. The highest BCUT2D eigenvalue weighted by Crippen LogP contribution is 2.60. The van der Waals surface area contributed by atoms with Crippen LogP contribution in [0.15, 0.2) is 22.8 Å². The van der Waals surface area contributed by atoms with Crippen molar-refractivity contribution in [1.82, 2.24) is 10.6 Å². The zero-order valence-corrected chi connectivity index (χ0v) is 18.4. The lowest BCUT2D eigenvalue weighted by molar-refractivity contribution is -0.149. The normalized spacial score (nSPS) is 31.1. The third-order valence-corrected chi connectivity index (χ3v) is 8.11. The summed E-state index contributed by atoms with van der Waals surface area (Å²) in [5, 5.41) is 6.18. The lowest BCUT2D eigenvalue weighted by atomic mass is 9.49. The highest BCUT2D eigenvalue weighted by molar-refractivity contribution is 7.98. The first-order valence-electron chi connectivity index (χ1n) is 11.1. The van der Waals surface area contributed by atoms with Gasteiger partial charge in [0.25, 0.3) is 0 Å². The second-order valence-electron chi connectivity index (χ2n) is 9.82. The van der Waals surface area contributed by atoms with Crippen molar-refractivity contribution in [2.75, 3.05) is 12.3 Å². The van der Waals surface area contributed by atoms with E-state index in [-0.39, 0.29) is 23.1 Å². The van der Waals surface area contributed by atoms with Gasteiger partial charge in [0.05, 0.1) is 12.0 Å². The van der Waals surface area contributed by atoms with Crippen LogP contribution in [0.2, 0.25) is 0 Å². The predicted molar refractivity (Wildman–Crippen MR) is 115 cm³/mol. The topological polar surface area (TPSA) is 71.3 Å². The number of nitrogens with one attached hydrogen (secondary N) is 2. The van der Waals surface area contributed by atoms with Crippen LogP contribution in [0.25, 0.3) is 0 Å². The molecule has 4 aliphatic rings. The number of carbonyl (C=O) groups is 2. The van der Waals surface area contributed by atoms with Crippen molar-refractivity contribution in [3.63, 3.8) is 0 Å². The van der Waals surface area contributed by atoms with Crippen LogP contribution in [0.3, 0.4) is 0 Å². The average Bonchev–Trinajstić information content (AvgIpc) is 3.17. The highest BCUT2D eigenvalue weighted by Gasteiger charge is 2.55. The van der Waals surface area contributed by atoms with Crippen LogP contribution < -0.4 is 10.6 Å². The molecule has 4 fully saturated rings. The average molecular weight is 419 g/mol. The quantitative estimate of drug-likeness (QED) is 0.595. The number of thioether (sulfide) groups is 1. The molecule has 6 heteroatoms. The van der Waals surface area contributed by atoms with Crippen molar-refractivity contribution in [2.24, 2.45) is 29.1 Å². The molecule has 1 aromatic rings. The van der Waals surface area contributed by atoms with E-state index in [4.69, 9.17) is 4.42 Å². The van der Waals surface area contributed by atoms with Gasteiger partial charge in [0.15, 0.2) is 0 Å². The number of hydrogen-bond donors (Lipinski definition) is 2. The fourth-order valence-electron chi connectivity index (χ4n) is 6.14. The highest BCUT2D eigenvalue weighted by atomic mass is 32.2. The van der Waals surface area contributed by atoms with Gasteiger partial charge in [0.2, 0.25) is 11.8 Å². The fourth-order valence-corrected chi connectivity index (χ4v) is 6.90. The van der Waals surface area contributed by atoms with Gasteiger partial charge in [-0.1, -0.05) is 13.8 Å². The fraction of sp³-hybridized carbons (Fsp3) is 0.739. The zero-order valence-electron chi connectivity index (χ0n) is 17.6. The van der Waals surface area contributed by atoms with Crippen LogP contribution in [0.5, 0.6) is 0 Å². The van der Waals surface area contributed by atoms with Crippen molar-refractivity contribution in [1.29, 1.82) is 0 Å². The number of rotatable bonds is 9. The Morgan fingerprint density at radius 2 is 1.83 bits per heavy atom. The second-order valence-corrected chi connectivity index (χ2v) is 10.9. The number of carbonyl (C=O) groups excluding carboxylic acids is 2. The maximum absolute atomic E-state index is 13.3. The van der Waals surface area contributed by atoms with Crippen LogP contribution in [0, 0.1) is 29.1 Å². The Morgan fingerprint density at radius 1 is 1.17 bits per heavy atom. The van der Waals surface area contributed by atoms with Crippen molar-refractivity contribution in [2.45, 2.75) is 64.2 Å². The van der Waals surface area contributed by atoms with Crippen LogP contribution >= 0.6 is 11.8 Å². The Kier molecular flexibility index (Phi) is 6.28. The van der Waals surface area contributed by atoms with Crippen LogP contribution in [0.4, 0.5) is 0 Å². The third-order valence-electron chi connectivity index (χ3n) is 7.13. The van der Waals surface area contributed by atoms with Gasteiger partial charge < -0.3 is 15.1 Å². The molecule has 0 radical (unpaired) electrons. The molecule has 1 unspecified atom stereocenters. The van der Waals surface area contributed by atoms with E-state index >= 15 is 0 Å². The van der Waals surface area contributed by atoms with E-state index in [1.54, 1.807) is 18.0 Å². The van der Waals surface area contributed by atoms with Crippen molar-refractivity contribution in [3.8, 4) is 0 Å². The van der Waals surface area contributed by atoms with Crippen molar-refractivity contribution in [3.05, 3.63) is 24.2 Å². The standard InChI is InChI=1S/C23H34N2O3S/c1-15(2)20(21(26)24-5-7-29-14-19-4-3-6-28-19)25-22(27)23-11-16-8-17(12-23)10-18(9-16)13-23/h3-4,6,15-18,20H,5,7-14H2,1-2H3,(H,24,26)(H,25,27). The van der Waals surface area contributed by atoms with Crippen molar-refractivity contribution >= 4 is 23.6 Å². The van der Waals surface area contributed by atoms with Gasteiger partial charge in [-0.3, -0.25) is 9.59 Å². The zero-order chi connectivity index (χ0) is 20.4. The van der Waals surface area contributed by atoms with E-state index in [9.17, 15) is 9.59 Å². The largest absolute Gasteiger partial charge is 0.468 e. The summed E-state index contributed by atoms with van der Waals surface area (Å²) in [5.74, 6) is 4.90. The molecular weight excluding hydrogens is 384 g/mol. The van der Waals surface area contributed by atoms with Crippen molar-refractivity contribution < 1.29 is 14.0 Å². The minimum atomic E-state index is -0.453. The summed E-state index contributed by atoms with van der Waals surface area (Å²) < 4.78 is 5.32. The molecule has 1 atom stereocenters. The van der Waals surface area contributed by atoms with E-state index in [1.807, 2.05) is 26.0 Å². The second kappa shape index (κ2) is 8.75. The molecule has 160 valence electrons. The summed E-state index contributed by atoms with van der Waals surface area (Å²) in [6.45, 7) is 4.62. The maximum Gasteiger partial charge on any atom is 0.242 e. The first kappa shape index (κ1) is 20.8. The number of hydrogen-bond acceptors (Lipinski definition) is 4. The van der Waals surface area contributed by atoms with Gasteiger partial charge in [-0.2, -0.15) is 11.8 Å². The Balaban J connectivity index is 1.27. The van der Waals surface area contributed by atoms with Gasteiger partial charge in [0.1, 0.15) is 11.8 Å². The maximum atomic E-state index is 13.3. The van der Waals surface area contributed by atoms with Gasteiger partial charge in [-0.15, -0.1) is 0 Å². The molecule has 0 saturated heterocycles. The lowest BCUT2D eigenvalue weighted by Gasteiger charge is -2.55. The molecule has 4 bridgehead atoms. The Labute approximate surface area is 178 Å². The molecule has 29 heavy (non-hydrogen) atoms. The van der Waals surface area contributed by atoms with Crippen LogP contribution in [-0.4, -0.2) is 30.2 Å². The number of amides is 2. The van der Waals surface area contributed by atoms with E-state index < -0.39 is 6.04 Å². The minimum absolute atomic E-state index is 0.0586. The molecule has 4 saturated carbocycles. The predicted octanol–water partition coefficient (Wildman–Crippen LogP) is 3.99. The summed E-state index contributed by atoms with van der Waals surface area (Å²) >= 11 is 1.73. The van der Waals surface area contributed by atoms with Gasteiger partial charge in [0, 0.05) is 17.7 Å². The summed E-state index contributed by atoms with van der Waals surface area (Å²) in [5.41, 5.74) is -0.207. The monoisotopic (exact) mass is 418 g/mol. The van der Waals surface area contributed by atoms with Gasteiger partial charge in [-0.25, -0.2) is 0 Å². The number of furan rings is 1. The smallest absolute Gasteiger partial charge is 0.242 e. The van der Waals surface area contributed by atoms with E-state index in [0.29, 0.717) is 6.54 Å². The summed E-state index contributed by atoms with van der Waals surface area (Å²) in [7, 11) is 0. The lowest BCUT2D eigenvalue weighted by Crippen LogP contribution is -2.58. The summed E-state index contributed by atoms with van der Waals surface area (Å²) in [6, 6.07) is 3.39. The van der Waals surface area contributed by atoms with Crippen LogP contribution in [-0.2, 0) is 15.3 Å². The van der Waals surface area contributed by atoms with E-state index in [1.165, 1.54) is 19.3 Å². The molecule has 5 nitrogen and oxygen atoms in total. The molecule has 5 rings (SSSR count). The Hall–Kier alpha value is -1.43. The summed E-state index contributed by atoms with van der Waals surface area (Å²) in [6.07, 6.45) is 8.71. The molecular formula is C23H34N2O3S. The van der Waals surface area contributed by atoms with Crippen LogP contribution in [0.1, 0.15) is 58.1 Å². The Morgan fingerprint density at radius 3 is 2.38 bits per heavy atom. The van der Waals surface area contributed by atoms with E-state index in [0.717, 1.165) is 54.3 Å². The SMILES string of the molecule is CC(C)C(NC(=O)C12CC3CC(CC(C3)C1)C2)C(=O)NCCSCc1ccco1. The first-order chi connectivity index (χ1) is 13.9. The molecule has 0 aromatic carbocycles. The molecule has 1 aromatic heterocycles. The third kappa shape index (κ3) is 4.68. The first-order valence-corrected chi connectivity index (χ1v) is 12.3. The Bertz CT molecular complexity index is 680. The van der Waals surface area contributed by atoms with E-state index in [2.05, 4.69) is 10.6 Å². The molecule has 2 amide bonds.